The molecule has 2 heterocycles. The minimum atomic E-state index is -0.483. The second-order valence-corrected chi connectivity index (χ2v) is 19.1. The minimum Gasteiger partial charge on any atom is -0.472 e. The largest absolute Gasteiger partial charge is 0.472 e. The van der Waals surface area contributed by atoms with E-state index in [1.807, 2.05) is 34.6 Å². The van der Waals surface area contributed by atoms with Gasteiger partial charge in [0.05, 0.1) is 171 Å². The van der Waals surface area contributed by atoms with E-state index in [-0.39, 0.29) is 24.4 Å². The van der Waals surface area contributed by atoms with Crippen LogP contribution in [0.2, 0.25) is 0 Å². The van der Waals surface area contributed by atoms with Crippen molar-refractivity contribution >= 4 is 28.7 Å². The highest BCUT2D eigenvalue weighted by Crippen LogP contribution is 2.34. The molecule has 2 aromatic heterocycles. The molecule has 22 nitrogen and oxygen atoms in total. The third-order valence-electron chi connectivity index (χ3n) is 11.3. The van der Waals surface area contributed by atoms with Gasteiger partial charge in [-0.1, -0.05) is 13.3 Å². The van der Waals surface area contributed by atoms with Crippen molar-refractivity contribution < 1.29 is 75.9 Å². The summed E-state index contributed by atoms with van der Waals surface area (Å²) in [7, 11) is 0. The van der Waals surface area contributed by atoms with Crippen molar-refractivity contribution in [3.8, 4) is 5.88 Å². The Labute approximate surface area is 440 Å². The molecule has 3 rings (SSSR count). The summed E-state index contributed by atoms with van der Waals surface area (Å²) < 4.78 is 79.7. The maximum Gasteiger partial charge on any atom is 0.308 e. The van der Waals surface area contributed by atoms with Gasteiger partial charge in [-0.3, -0.25) is 9.59 Å². The number of carbonyl (C=O) groups excluding carboxylic acids is 2. The second kappa shape index (κ2) is 41.7. The average molecular weight is 1060 g/mol. The number of anilines is 1. The fourth-order valence-electron chi connectivity index (χ4n) is 7.57. The van der Waals surface area contributed by atoms with Crippen LogP contribution in [0.4, 0.5) is 5.82 Å². The van der Waals surface area contributed by atoms with E-state index in [2.05, 4.69) is 27.0 Å². The van der Waals surface area contributed by atoms with Gasteiger partial charge >= 0.3 is 5.97 Å². The number of nitrogen functional groups attached to an aromatic ring is 1. The topological polar surface area (TPSA) is 245 Å². The number of nitrogens with one attached hydrogen (secondary N) is 1. The first-order valence-corrected chi connectivity index (χ1v) is 27.1. The van der Waals surface area contributed by atoms with Crippen LogP contribution in [0, 0.1) is 11.8 Å². The zero-order chi connectivity index (χ0) is 53.3. The SMILES string of the molecule is CCCCc1nc2c(N)nnc(OC(C)C)c2n1CC1CCC(CNC(=O)CCOCCOCCOCCOCCOCCOCCOCCOCCOCCOCCOCCOCCC(=O)OC(C)(C)C)CC1. The van der Waals surface area contributed by atoms with E-state index in [1.165, 1.54) is 0 Å². The van der Waals surface area contributed by atoms with Gasteiger partial charge in [-0.25, -0.2) is 4.98 Å². The Hall–Kier alpha value is -3.39. The van der Waals surface area contributed by atoms with E-state index < -0.39 is 5.60 Å². The van der Waals surface area contributed by atoms with Crippen LogP contribution >= 0.6 is 0 Å². The Morgan fingerprint density at radius 2 is 0.986 bits per heavy atom. The number of aromatic nitrogens is 4. The monoisotopic (exact) mass is 1060 g/mol. The quantitative estimate of drug-likeness (QED) is 0.0669. The molecular weight excluding hydrogens is 965 g/mol. The van der Waals surface area contributed by atoms with Gasteiger partial charge in [-0.2, -0.15) is 0 Å². The molecule has 0 radical (unpaired) electrons. The van der Waals surface area contributed by atoms with E-state index >= 15 is 0 Å². The fourth-order valence-corrected chi connectivity index (χ4v) is 7.57. The molecule has 0 bridgehead atoms. The Balaban J connectivity index is 0.983. The highest BCUT2D eigenvalue weighted by Gasteiger charge is 2.26. The normalized spacial score (nSPS) is 15.1. The van der Waals surface area contributed by atoms with Crippen LogP contribution in [0.15, 0.2) is 0 Å². The molecule has 0 aromatic carbocycles. The molecule has 1 saturated carbocycles. The van der Waals surface area contributed by atoms with Crippen molar-refractivity contribution in [3.63, 3.8) is 0 Å². The molecule has 2 aromatic rings. The molecule has 74 heavy (non-hydrogen) atoms. The number of hydrogen-bond acceptors (Lipinski definition) is 20. The van der Waals surface area contributed by atoms with Gasteiger partial charge in [0.25, 0.3) is 5.88 Å². The first-order chi connectivity index (χ1) is 36.0. The van der Waals surface area contributed by atoms with Gasteiger partial charge in [0, 0.05) is 25.9 Å². The highest BCUT2D eigenvalue weighted by molar-refractivity contribution is 5.88. The molecule has 0 spiro atoms. The molecule has 428 valence electrons. The molecule has 0 atom stereocenters. The molecule has 0 unspecified atom stereocenters. The predicted molar refractivity (Wildman–Crippen MR) is 277 cm³/mol. The number of fused-ring (bicyclic) bond motifs is 1. The summed E-state index contributed by atoms with van der Waals surface area (Å²) in [5.41, 5.74) is 7.27. The van der Waals surface area contributed by atoms with Crippen LogP contribution in [-0.4, -0.2) is 208 Å². The number of hydrogen-bond donors (Lipinski definition) is 2. The van der Waals surface area contributed by atoms with Crippen LogP contribution in [0.3, 0.4) is 0 Å². The van der Waals surface area contributed by atoms with Gasteiger partial charge in [-0.15, -0.1) is 10.2 Å². The fraction of sp³-hybridized carbons (Fsp3) is 0.865. The maximum absolute atomic E-state index is 12.5. The molecule has 1 aliphatic carbocycles. The van der Waals surface area contributed by atoms with Crippen LogP contribution in [0.1, 0.15) is 98.7 Å². The van der Waals surface area contributed by atoms with Gasteiger partial charge in [-0.05, 0) is 78.6 Å². The van der Waals surface area contributed by atoms with Crippen LogP contribution in [-0.2, 0) is 84.1 Å². The molecule has 3 N–H and O–H groups in total. The highest BCUT2D eigenvalue weighted by atomic mass is 16.6. The van der Waals surface area contributed by atoms with Crippen molar-refractivity contribution in [2.24, 2.45) is 11.8 Å². The maximum atomic E-state index is 12.5. The third kappa shape index (κ3) is 32.3. The van der Waals surface area contributed by atoms with Crippen LogP contribution in [0.5, 0.6) is 5.88 Å². The summed E-state index contributed by atoms with van der Waals surface area (Å²) in [5, 5.41) is 11.5. The molecule has 22 heteroatoms. The van der Waals surface area contributed by atoms with Gasteiger partial charge in [0.2, 0.25) is 5.91 Å². The van der Waals surface area contributed by atoms with Crippen LogP contribution < -0.4 is 15.8 Å². The number of amides is 1. The minimum absolute atomic E-state index is 0.0105. The van der Waals surface area contributed by atoms with Gasteiger partial charge < -0.3 is 81.9 Å². The summed E-state index contributed by atoms with van der Waals surface area (Å²) in [6.07, 6.45) is 7.77. The molecule has 0 saturated heterocycles. The van der Waals surface area contributed by atoms with Gasteiger partial charge in [0.1, 0.15) is 22.5 Å². The first-order valence-electron chi connectivity index (χ1n) is 27.1. The lowest BCUT2D eigenvalue weighted by Gasteiger charge is -2.29. The Kier molecular flexibility index (Phi) is 36.6. The molecule has 0 aliphatic heterocycles. The van der Waals surface area contributed by atoms with Crippen molar-refractivity contribution in [2.45, 2.75) is 118 Å². The average Bonchev–Trinajstić information content (AvgIpc) is 3.73. The second-order valence-electron chi connectivity index (χ2n) is 19.1. The van der Waals surface area contributed by atoms with Crippen molar-refractivity contribution in [2.75, 3.05) is 171 Å². The van der Waals surface area contributed by atoms with Crippen molar-refractivity contribution in [3.05, 3.63) is 5.82 Å². The zero-order valence-electron chi connectivity index (χ0n) is 45.9. The number of ether oxygens (including phenoxy) is 14. The van der Waals surface area contributed by atoms with Gasteiger partial charge in [0.15, 0.2) is 5.82 Å². The lowest BCUT2D eigenvalue weighted by molar-refractivity contribution is -0.156. The summed E-state index contributed by atoms with van der Waals surface area (Å²) in [5.74, 6) is 2.53. The summed E-state index contributed by atoms with van der Waals surface area (Å²) >= 11 is 0. The smallest absolute Gasteiger partial charge is 0.308 e. The molecular formula is C52H94N6O16. The van der Waals surface area contributed by atoms with Crippen LogP contribution in [0.25, 0.3) is 11.0 Å². The molecule has 1 fully saturated rings. The number of imidazole rings is 1. The lowest BCUT2D eigenvalue weighted by atomic mass is 9.82. The van der Waals surface area contributed by atoms with Crippen molar-refractivity contribution in [1.29, 1.82) is 0 Å². The summed E-state index contributed by atoms with van der Waals surface area (Å²) in [6, 6.07) is 0. The lowest BCUT2D eigenvalue weighted by Crippen LogP contribution is -2.32. The van der Waals surface area contributed by atoms with E-state index in [4.69, 9.17) is 77.0 Å². The Bertz CT molecular complexity index is 1710. The Morgan fingerprint density at radius 3 is 1.38 bits per heavy atom. The number of carbonyl (C=O) groups is 2. The standard InChI is InChI=1S/C52H94N6O16/c1-7-8-9-45-55-48-49(51(73-42(2)3)57-56-50(48)53)58(45)41-44-12-10-43(11-13-44)40-54-46(59)14-16-61-18-20-63-22-24-65-26-28-67-30-32-69-34-36-71-38-39-72-37-35-70-33-31-68-29-27-66-25-23-64-21-19-62-17-15-47(60)74-52(4,5)6/h42-44H,7-41H2,1-6H3,(H2,53,56)(H,54,59). The molecule has 1 amide bonds. The number of aryl methyl sites for hydroxylation is 1. The van der Waals surface area contributed by atoms with E-state index in [1.54, 1.807) is 0 Å². The number of rotatable bonds is 48. The zero-order valence-corrected chi connectivity index (χ0v) is 45.9. The summed E-state index contributed by atoms with van der Waals surface area (Å²) in [6.45, 7) is 24.0. The third-order valence-corrected chi connectivity index (χ3v) is 11.3. The summed E-state index contributed by atoms with van der Waals surface area (Å²) in [4.78, 5) is 29.0. The van der Waals surface area contributed by atoms with E-state index in [9.17, 15) is 9.59 Å². The number of nitrogens with zero attached hydrogens (tertiary/aromatic N) is 4. The van der Waals surface area contributed by atoms with E-state index in [0.717, 1.165) is 62.8 Å². The van der Waals surface area contributed by atoms with E-state index in [0.29, 0.717) is 201 Å². The molecule has 1 aliphatic rings. The number of nitrogens with two attached hydrogens (primary N) is 1. The first kappa shape index (κ1) is 64.9. The Morgan fingerprint density at radius 1 is 0.595 bits per heavy atom. The predicted octanol–water partition coefficient (Wildman–Crippen LogP) is 4.78. The number of esters is 1. The number of unbranched alkanes of at least 4 members (excludes halogenated alkanes) is 1. The van der Waals surface area contributed by atoms with Crippen molar-refractivity contribution in [1.82, 2.24) is 25.1 Å².